The summed E-state index contributed by atoms with van der Waals surface area (Å²) in [7, 11) is 0. The van der Waals surface area contributed by atoms with E-state index in [2.05, 4.69) is 38.1 Å². The summed E-state index contributed by atoms with van der Waals surface area (Å²) in [5.74, 6) is 0.271. The van der Waals surface area contributed by atoms with Gasteiger partial charge in [0.1, 0.15) is 0 Å². The van der Waals surface area contributed by atoms with Gasteiger partial charge in [0.2, 0.25) is 0 Å². The molecule has 28 heavy (non-hydrogen) atoms. The average molecular weight is 379 g/mol. The Hall–Kier alpha value is -3.09. The Morgan fingerprint density at radius 2 is 2.04 bits per heavy atom. The van der Waals surface area contributed by atoms with Crippen LogP contribution in [-0.4, -0.2) is 35.0 Å². The Kier molecular flexibility index (Phi) is 5.14. The predicted octanol–water partition coefficient (Wildman–Crippen LogP) is 3.32. The van der Waals surface area contributed by atoms with Crippen molar-refractivity contribution in [3.05, 3.63) is 53.1 Å². The van der Waals surface area contributed by atoms with Gasteiger partial charge in [-0.25, -0.2) is 9.78 Å². The molecule has 0 unspecified atom stereocenters. The first kappa shape index (κ1) is 18.3. The van der Waals surface area contributed by atoms with Crippen molar-refractivity contribution in [1.82, 2.24) is 20.6 Å². The first-order valence-electron chi connectivity index (χ1n) is 9.78. The van der Waals surface area contributed by atoms with E-state index in [1.54, 1.807) is 6.20 Å². The molecule has 1 saturated heterocycles. The number of urea groups is 1. The second-order valence-corrected chi connectivity index (χ2v) is 7.44. The van der Waals surface area contributed by atoms with Crippen LogP contribution in [0.4, 0.5) is 10.5 Å². The van der Waals surface area contributed by atoms with Gasteiger partial charge in [0.05, 0.1) is 0 Å². The standard InChI is InChI=1S/C21H25N5O2/c1-13-10-22-19(25-13)20(27)26-18-8-7-15(16-11-23-21(28)24-12-16)9-17(18)14-5-3-2-4-6-14/h5,7-10,16H,2-4,6,11-12H2,1H3,(H,22,25)(H,26,27)(H2,23,24,28). The Balaban J connectivity index is 1.64. The van der Waals surface area contributed by atoms with Gasteiger partial charge in [-0.3, -0.25) is 4.79 Å². The summed E-state index contributed by atoms with van der Waals surface area (Å²) in [5, 5.41) is 8.72. The van der Waals surface area contributed by atoms with Gasteiger partial charge in [-0.05, 0) is 55.9 Å². The molecule has 1 aromatic heterocycles. The van der Waals surface area contributed by atoms with E-state index in [1.165, 1.54) is 12.0 Å². The number of carbonyl (C=O) groups is 2. The van der Waals surface area contributed by atoms with E-state index in [-0.39, 0.29) is 17.9 Å². The van der Waals surface area contributed by atoms with Crippen molar-refractivity contribution in [2.75, 3.05) is 18.4 Å². The number of amides is 3. The van der Waals surface area contributed by atoms with Crippen LogP contribution in [0.15, 0.2) is 30.5 Å². The molecule has 1 aliphatic heterocycles. The average Bonchev–Trinajstić information content (AvgIpc) is 3.16. The predicted molar refractivity (Wildman–Crippen MR) is 108 cm³/mol. The first-order valence-corrected chi connectivity index (χ1v) is 9.78. The number of hydrogen-bond acceptors (Lipinski definition) is 3. The number of benzene rings is 1. The molecule has 1 aliphatic carbocycles. The zero-order chi connectivity index (χ0) is 19.5. The molecule has 1 fully saturated rings. The van der Waals surface area contributed by atoms with Crippen LogP contribution in [0.3, 0.4) is 0 Å². The van der Waals surface area contributed by atoms with Crippen LogP contribution in [-0.2, 0) is 0 Å². The van der Waals surface area contributed by atoms with Crippen LogP contribution in [0.25, 0.3) is 5.57 Å². The van der Waals surface area contributed by atoms with E-state index in [0.717, 1.165) is 41.8 Å². The highest BCUT2D eigenvalue weighted by Crippen LogP contribution is 2.34. The van der Waals surface area contributed by atoms with Gasteiger partial charge < -0.3 is 20.9 Å². The Morgan fingerprint density at radius 3 is 2.71 bits per heavy atom. The van der Waals surface area contributed by atoms with E-state index in [0.29, 0.717) is 18.9 Å². The van der Waals surface area contributed by atoms with Crippen molar-refractivity contribution in [2.24, 2.45) is 0 Å². The fourth-order valence-electron chi connectivity index (χ4n) is 3.79. The Morgan fingerprint density at radius 1 is 1.21 bits per heavy atom. The molecule has 1 aromatic carbocycles. The molecule has 0 radical (unpaired) electrons. The van der Waals surface area contributed by atoms with Crippen LogP contribution in [0.2, 0.25) is 0 Å². The normalized spacial score (nSPS) is 17.5. The number of nitrogens with one attached hydrogen (secondary N) is 4. The Labute approximate surface area is 164 Å². The molecular weight excluding hydrogens is 354 g/mol. The van der Waals surface area contributed by atoms with E-state index in [1.807, 2.05) is 19.1 Å². The molecule has 0 bridgehead atoms. The Bertz CT molecular complexity index is 921. The zero-order valence-electron chi connectivity index (χ0n) is 16.0. The van der Waals surface area contributed by atoms with Crippen molar-refractivity contribution in [3.63, 3.8) is 0 Å². The number of carbonyl (C=O) groups excluding carboxylic acids is 2. The lowest BCUT2D eigenvalue weighted by atomic mass is 9.88. The smallest absolute Gasteiger partial charge is 0.314 e. The minimum atomic E-state index is -0.245. The fourth-order valence-corrected chi connectivity index (χ4v) is 3.79. The molecule has 0 atom stereocenters. The van der Waals surface area contributed by atoms with Crippen molar-refractivity contribution in [1.29, 1.82) is 0 Å². The number of H-pyrrole nitrogens is 1. The van der Waals surface area contributed by atoms with Crippen molar-refractivity contribution >= 4 is 23.2 Å². The van der Waals surface area contributed by atoms with Crippen LogP contribution in [0.1, 0.15) is 59.0 Å². The highest BCUT2D eigenvalue weighted by atomic mass is 16.2. The monoisotopic (exact) mass is 379 g/mol. The van der Waals surface area contributed by atoms with Gasteiger partial charge in [0.15, 0.2) is 5.82 Å². The molecule has 2 heterocycles. The molecule has 7 heteroatoms. The number of aromatic amines is 1. The van der Waals surface area contributed by atoms with Gasteiger partial charge in [-0.15, -0.1) is 0 Å². The van der Waals surface area contributed by atoms with Gasteiger partial charge in [-0.1, -0.05) is 12.1 Å². The summed E-state index contributed by atoms with van der Waals surface area (Å²) < 4.78 is 0. The summed E-state index contributed by atoms with van der Waals surface area (Å²) >= 11 is 0. The van der Waals surface area contributed by atoms with Crippen LogP contribution in [0, 0.1) is 6.92 Å². The lowest BCUT2D eigenvalue weighted by Crippen LogP contribution is -2.47. The van der Waals surface area contributed by atoms with Crippen molar-refractivity contribution in [3.8, 4) is 0 Å². The highest BCUT2D eigenvalue weighted by molar-refractivity contribution is 6.03. The number of aromatic nitrogens is 2. The number of nitrogens with zero attached hydrogens (tertiary/aromatic N) is 1. The minimum Gasteiger partial charge on any atom is -0.338 e. The summed E-state index contributed by atoms with van der Waals surface area (Å²) in [6, 6.07) is 6.03. The second kappa shape index (κ2) is 7.88. The maximum atomic E-state index is 12.6. The summed E-state index contributed by atoms with van der Waals surface area (Å²) in [5.41, 5.74) is 5.13. The highest BCUT2D eigenvalue weighted by Gasteiger charge is 2.22. The van der Waals surface area contributed by atoms with E-state index in [9.17, 15) is 9.59 Å². The summed E-state index contributed by atoms with van der Waals surface area (Å²) in [6.45, 7) is 3.09. The molecule has 0 saturated carbocycles. The van der Waals surface area contributed by atoms with Gasteiger partial charge in [-0.2, -0.15) is 0 Å². The molecule has 4 rings (SSSR count). The molecule has 2 aliphatic rings. The van der Waals surface area contributed by atoms with E-state index < -0.39 is 0 Å². The number of aryl methyl sites for hydroxylation is 1. The number of imidazole rings is 1. The first-order chi connectivity index (χ1) is 13.6. The molecule has 2 aromatic rings. The van der Waals surface area contributed by atoms with E-state index in [4.69, 9.17) is 0 Å². The topological polar surface area (TPSA) is 98.9 Å². The van der Waals surface area contributed by atoms with Crippen LogP contribution in [0.5, 0.6) is 0 Å². The van der Waals surface area contributed by atoms with E-state index >= 15 is 0 Å². The number of anilines is 1. The van der Waals surface area contributed by atoms with Crippen LogP contribution >= 0.6 is 0 Å². The third-order valence-corrected chi connectivity index (χ3v) is 5.34. The fraction of sp³-hybridized carbons (Fsp3) is 0.381. The molecule has 146 valence electrons. The third kappa shape index (κ3) is 3.93. The quantitative estimate of drug-likeness (QED) is 0.656. The maximum Gasteiger partial charge on any atom is 0.314 e. The summed E-state index contributed by atoms with van der Waals surface area (Å²) in [4.78, 5) is 31.1. The number of allylic oxidation sites excluding steroid dienone is 2. The van der Waals surface area contributed by atoms with Crippen molar-refractivity contribution in [2.45, 2.75) is 38.5 Å². The van der Waals surface area contributed by atoms with Crippen LogP contribution < -0.4 is 16.0 Å². The summed E-state index contributed by atoms with van der Waals surface area (Å²) in [6.07, 6.45) is 8.34. The lowest BCUT2D eigenvalue weighted by Gasteiger charge is -2.26. The van der Waals surface area contributed by atoms with Crippen molar-refractivity contribution < 1.29 is 9.59 Å². The molecule has 0 spiro atoms. The lowest BCUT2D eigenvalue weighted by molar-refractivity contribution is 0.101. The maximum absolute atomic E-state index is 12.6. The largest absolute Gasteiger partial charge is 0.338 e. The van der Waals surface area contributed by atoms with Gasteiger partial charge in [0, 0.05) is 42.1 Å². The number of rotatable bonds is 4. The van der Waals surface area contributed by atoms with Gasteiger partial charge in [0.25, 0.3) is 5.91 Å². The molecular formula is C21H25N5O2. The third-order valence-electron chi connectivity index (χ3n) is 5.34. The minimum absolute atomic E-state index is 0.121. The molecule has 7 nitrogen and oxygen atoms in total. The zero-order valence-corrected chi connectivity index (χ0v) is 16.0. The molecule has 3 amide bonds. The van der Waals surface area contributed by atoms with Gasteiger partial charge >= 0.3 is 6.03 Å². The molecule has 4 N–H and O–H groups in total. The second-order valence-electron chi connectivity index (χ2n) is 7.44. The SMILES string of the molecule is Cc1cnc(C(=O)Nc2ccc(C3CNC(=O)NC3)cc2C2=CCCCC2)[nH]1. The number of hydrogen-bond donors (Lipinski definition) is 4.